The summed E-state index contributed by atoms with van der Waals surface area (Å²) in [5.74, 6) is 0. The molecule has 0 spiro atoms. The highest BCUT2D eigenvalue weighted by Gasteiger charge is 1.96. The van der Waals surface area contributed by atoms with E-state index in [1.807, 2.05) is 13.0 Å². The van der Waals surface area contributed by atoms with Crippen LogP contribution in [0.2, 0.25) is 0 Å². The first-order valence-electron chi connectivity index (χ1n) is 4.10. The van der Waals surface area contributed by atoms with E-state index in [0.717, 1.165) is 11.2 Å². The quantitative estimate of drug-likeness (QED) is 0.573. The van der Waals surface area contributed by atoms with Crippen molar-refractivity contribution in [3.05, 3.63) is 41.6 Å². The lowest BCUT2D eigenvalue weighted by molar-refractivity contribution is 1.25. The Morgan fingerprint density at radius 3 is 2.67 bits per heavy atom. The Bertz CT molecular complexity index is 418. The Kier molecular flexibility index (Phi) is 1.58. The average Bonchev–Trinajstić information content (AvgIpc) is 2.04. The van der Waals surface area contributed by atoms with Crippen molar-refractivity contribution in [2.45, 2.75) is 13.8 Å². The van der Waals surface area contributed by atoms with Gasteiger partial charge in [-0.05, 0) is 31.5 Å². The molecule has 1 heterocycles. The molecule has 0 aliphatic heterocycles. The number of pyridine rings is 1. The number of aryl methyl sites for hydroxylation is 2. The van der Waals surface area contributed by atoms with E-state index >= 15 is 0 Å². The van der Waals surface area contributed by atoms with Gasteiger partial charge in [-0.3, -0.25) is 4.98 Å². The summed E-state index contributed by atoms with van der Waals surface area (Å²) in [6.07, 6.45) is 0. The molecule has 0 saturated carbocycles. The van der Waals surface area contributed by atoms with E-state index in [0.29, 0.717) is 0 Å². The van der Waals surface area contributed by atoms with Gasteiger partial charge in [0, 0.05) is 11.1 Å². The Labute approximate surface area is 72.1 Å². The highest BCUT2D eigenvalue weighted by Crippen LogP contribution is 2.15. The van der Waals surface area contributed by atoms with Gasteiger partial charge in [0.15, 0.2) is 0 Å². The van der Waals surface area contributed by atoms with Gasteiger partial charge in [0.2, 0.25) is 0 Å². The normalized spacial score (nSPS) is 10.5. The first-order chi connectivity index (χ1) is 5.77. The molecular weight excluding hydrogens is 146 g/mol. The van der Waals surface area contributed by atoms with Gasteiger partial charge in [0.25, 0.3) is 0 Å². The number of hydrogen-bond acceptors (Lipinski definition) is 1. The summed E-state index contributed by atoms with van der Waals surface area (Å²) in [7, 11) is 0. The first kappa shape index (κ1) is 7.29. The maximum Gasteiger partial charge on any atom is 0.0707 e. The van der Waals surface area contributed by atoms with E-state index in [2.05, 4.69) is 36.2 Å². The molecule has 2 aromatic rings. The second-order valence-corrected chi connectivity index (χ2v) is 3.09. The number of fused-ring (bicyclic) bond motifs is 1. The molecule has 0 unspecified atom stereocenters. The summed E-state index contributed by atoms with van der Waals surface area (Å²) >= 11 is 0. The van der Waals surface area contributed by atoms with Crippen LogP contribution in [0.4, 0.5) is 0 Å². The van der Waals surface area contributed by atoms with Gasteiger partial charge in [-0.15, -0.1) is 0 Å². The predicted molar refractivity (Wildman–Crippen MR) is 51.2 cm³/mol. The van der Waals surface area contributed by atoms with Crippen LogP contribution in [0, 0.1) is 13.8 Å². The van der Waals surface area contributed by atoms with Crippen LogP contribution in [-0.4, -0.2) is 4.98 Å². The third kappa shape index (κ3) is 1.07. The van der Waals surface area contributed by atoms with Crippen molar-refractivity contribution in [3.8, 4) is 0 Å². The lowest BCUT2D eigenvalue weighted by atomic mass is 10.1. The van der Waals surface area contributed by atoms with Gasteiger partial charge >= 0.3 is 0 Å². The van der Waals surface area contributed by atoms with Gasteiger partial charge in [-0.2, -0.15) is 0 Å². The SMILES string of the molecule is Cc1ccc2c(C)cccc2n1. The topological polar surface area (TPSA) is 12.9 Å². The third-order valence-electron chi connectivity index (χ3n) is 2.09. The number of nitrogens with zero attached hydrogens (tertiary/aromatic N) is 1. The molecule has 60 valence electrons. The van der Waals surface area contributed by atoms with Crippen molar-refractivity contribution >= 4 is 10.9 Å². The molecule has 0 aliphatic carbocycles. The molecule has 0 aliphatic rings. The lowest BCUT2D eigenvalue weighted by Crippen LogP contribution is -1.84. The monoisotopic (exact) mass is 157 g/mol. The minimum Gasteiger partial charge on any atom is -0.253 e. The lowest BCUT2D eigenvalue weighted by Gasteiger charge is -2.00. The minimum absolute atomic E-state index is 1.08. The van der Waals surface area contributed by atoms with Gasteiger partial charge < -0.3 is 0 Å². The fourth-order valence-electron chi connectivity index (χ4n) is 1.41. The van der Waals surface area contributed by atoms with Crippen LogP contribution in [0.25, 0.3) is 10.9 Å². The number of hydrogen-bond donors (Lipinski definition) is 0. The second kappa shape index (κ2) is 2.59. The molecule has 0 saturated heterocycles. The number of rotatable bonds is 0. The van der Waals surface area contributed by atoms with Crippen molar-refractivity contribution < 1.29 is 0 Å². The highest BCUT2D eigenvalue weighted by atomic mass is 14.7. The Hall–Kier alpha value is -1.37. The van der Waals surface area contributed by atoms with Crippen LogP contribution < -0.4 is 0 Å². The molecule has 0 atom stereocenters. The van der Waals surface area contributed by atoms with Gasteiger partial charge in [0.1, 0.15) is 0 Å². The molecule has 1 aromatic heterocycles. The zero-order chi connectivity index (χ0) is 8.55. The summed E-state index contributed by atoms with van der Waals surface area (Å²) in [5.41, 5.74) is 3.46. The molecule has 0 bridgehead atoms. The molecule has 1 nitrogen and oxygen atoms in total. The number of aromatic nitrogens is 1. The van der Waals surface area contributed by atoms with Crippen LogP contribution in [0.1, 0.15) is 11.3 Å². The van der Waals surface area contributed by atoms with Crippen molar-refractivity contribution in [1.29, 1.82) is 0 Å². The average molecular weight is 157 g/mol. The Morgan fingerprint density at radius 2 is 1.83 bits per heavy atom. The highest BCUT2D eigenvalue weighted by molar-refractivity contribution is 5.81. The maximum absolute atomic E-state index is 4.44. The van der Waals surface area contributed by atoms with E-state index in [9.17, 15) is 0 Å². The predicted octanol–water partition coefficient (Wildman–Crippen LogP) is 2.85. The van der Waals surface area contributed by atoms with Crippen molar-refractivity contribution in [2.24, 2.45) is 0 Å². The van der Waals surface area contributed by atoms with Crippen LogP contribution >= 0.6 is 0 Å². The minimum atomic E-state index is 1.08. The smallest absolute Gasteiger partial charge is 0.0707 e. The van der Waals surface area contributed by atoms with Crippen LogP contribution in [-0.2, 0) is 0 Å². The van der Waals surface area contributed by atoms with Crippen LogP contribution in [0.3, 0.4) is 0 Å². The van der Waals surface area contributed by atoms with Gasteiger partial charge in [-0.25, -0.2) is 0 Å². The van der Waals surface area contributed by atoms with E-state index in [1.54, 1.807) is 0 Å². The Morgan fingerprint density at radius 1 is 1.00 bits per heavy atom. The first-order valence-corrected chi connectivity index (χ1v) is 4.10. The number of benzene rings is 1. The molecule has 0 N–H and O–H groups in total. The third-order valence-corrected chi connectivity index (χ3v) is 2.09. The van der Waals surface area contributed by atoms with E-state index < -0.39 is 0 Å². The fourth-order valence-corrected chi connectivity index (χ4v) is 1.41. The molecule has 12 heavy (non-hydrogen) atoms. The zero-order valence-corrected chi connectivity index (χ0v) is 7.33. The standard InChI is InChI=1S/C11H11N/c1-8-4-3-5-11-10(8)7-6-9(2)12-11/h3-7H,1-2H3. The summed E-state index contributed by atoms with van der Waals surface area (Å²) in [6.45, 7) is 4.13. The molecule has 0 radical (unpaired) electrons. The molecule has 2 rings (SSSR count). The zero-order valence-electron chi connectivity index (χ0n) is 7.33. The largest absolute Gasteiger partial charge is 0.253 e. The summed E-state index contributed by atoms with van der Waals surface area (Å²) in [5, 5.41) is 1.25. The molecule has 0 fully saturated rings. The van der Waals surface area contributed by atoms with E-state index in [4.69, 9.17) is 0 Å². The second-order valence-electron chi connectivity index (χ2n) is 3.09. The Balaban J connectivity index is 2.86. The van der Waals surface area contributed by atoms with E-state index in [1.165, 1.54) is 10.9 Å². The summed E-state index contributed by atoms with van der Waals surface area (Å²) < 4.78 is 0. The molecular formula is C11H11N. The maximum atomic E-state index is 4.44. The van der Waals surface area contributed by atoms with E-state index in [-0.39, 0.29) is 0 Å². The summed E-state index contributed by atoms with van der Waals surface area (Å²) in [6, 6.07) is 10.4. The van der Waals surface area contributed by atoms with Gasteiger partial charge in [0.05, 0.1) is 5.52 Å². The van der Waals surface area contributed by atoms with Crippen molar-refractivity contribution in [1.82, 2.24) is 4.98 Å². The van der Waals surface area contributed by atoms with Crippen LogP contribution in [0.15, 0.2) is 30.3 Å². The molecule has 1 aromatic carbocycles. The fraction of sp³-hybridized carbons (Fsp3) is 0.182. The van der Waals surface area contributed by atoms with Gasteiger partial charge in [-0.1, -0.05) is 18.2 Å². The molecule has 1 heteroatoms. The summed E-state index contributed by atoms with van der Waals surface area (Å²) in [4.78, 5) is 4.44. The molecule has 0 amide bonds. The van der Waals surface area contributed by atoms with Crippen molar-refractivity contribution in [3.63, 3.8) is 0 Å². The van der Waals surface area contributed by atoms with Crippen LogP contribution in [0.5, 0.6) is 0 Å². The van der Waals surface area contributed by atoms with Crippen molar-refractivity contribution in [2.75, 3.05) is 0 Å².